The number of fused-ring (bicyclic) bond motifs is 2. The van der Waals surface area contributed by atoms with E-state index in [1.807, 2.05) is 18.2 Å². The number of hydrogen-bond donors (Lipinski definition) is 1. The molecule has 2 saturated heterocycles. The molecule has 1 N–H and O–H groups in total. The molecule has 0 spiro atoms. The summed E-state index contributed by atoms with van der Waals surface area (Å²) in [6.07, 6.45) is 2.47. The maximum Gasteiger partial charge on any atom is 0.101 e. The fourth-order valence-electron chi connectivity index (χ4n) is 3.08. The summed E-state index contributed by atoms with van der Waals surface area (Å²) in [5, 5.41) is 12.8. The van der Waals surface area contributed by atoms with Crippen molar-refractivity contribution in [2.45, 2.75) is 18.9 Å². The quantitative estimate of drug-likeness (QED) is 0.913. The van der Waals surface area contributed by atoms with Gasteiger partial charge in [0.05, 0.1) is 11.3 Å². The zero-order chi connectivity index (χ0) is 12.5. The number of rotatable bonds is 2. The van der Waals surface area contributed by atoms with Gasteiger partial charge in [-0.15, -0.1) is 0 Å². The van der Waals surface area contributed by atoms with Gasteiger partial charge in [-0.25, -0.2) is 0 Å². The van der Waals surface area contributed by atoms with E-state index in [1.54, 1.807) is 0 Å². The van der Waals surface area contributed by atoms with Crippen molar-refractivity contribution >= 4 is 21.6 Å². The average Bonchev–Trinajstić information content (AvgIpc) is 2.77. The molecule has 1 aromatic rings. The first-order chi connectivity index (χ1) is 8.76. The largest absolute Gasteiger partial charge is 0.381 e. The van der Waals surface area contributed by atoms with E-state index in [0.29, 0.717) is 6.04 Å². The van der Waals surface area contributed by atoms with Gasteiger partial charge in [-0.1, -0.05) is 15.9 Å². The fraction of sp³-hybridized carbons (Fsp3) is 0.500. The first-order valence-corrected chi connectivity index (χ1v) is 7.24. The van der Waals surface area contributed by atoms with Crippen molar-refractivity contribution < 1.29 is 0 Å². The highest BCUT2D eigenvalue weighted by Gasteiger charge is 2.34. The van der Waals surface area contributed by atoms with Crippen LogP contribution in [0.2, 0.25) is 0 Å². The van der Waals surface area contributed by atoms with Crippen molar-refractivity contribution in [3.05, 3.63) is 28.2 Å². The Morgan fingerprint density at radius 3 is 3.00 bits per heavy atom. The molecule has 2 bridgehead atoms. The van der Waals surface area contributed by atoms with Crippen LogP contribution in [0.1, 0.15) is 18.4 Å². The van der Waals surface area contributed by atoms with Gasteiger partial charge in [-0.05, 0) is 43.5 Å². The van der Waals surface area contributed by atoms with Crippen molar-refractivity contribution in [3.8, 4) is 6.07 Å². The fourth-order valence-corrected chi connectivity index (χ4v) is 3.44. The SMILES string of the molecule is N#Cc1cc(Br)ccc1NC1CCN2CCC1C2. The van der Waals surface area contributed by atoms with Gasteiger partial charge in [0.25, 0.3) is 0 Å². The van der Waals surface area contributed by atoms with Crippen LogP contribution in [0, 0.1) is 17.2 Å². The van der Waals surface area contributed by atoms with E-state index in [1.165, 1.54) is 32.5 Å². The highest BCUT2D eigenvalue weighted by molar-refractivity contribution is 9.10. The molecule has 2 aliphatic heterocycles. The normalized spacial score (nSPS) is 29.9. The number of halogens is 1. The third kappa shape index (κ3) is 2.25. The van der Waals surface area contributed by atoms with Crippen LogP contribution in [0.4, 0.5) is 5.69 Å². The summed E-state index contributed by atoms with van der Waals surface area (Å²) in [4.78, 5) is 2.54. The molecule has 4 heteroatoms. The Morgan fingerprint density at radius 2 is 2.17 bits per heavy atom. The lowest BCUT2D eigenvalue weighted by molar-refractivity contribution is 0.255. The maximum atomic E-state index is 9.18. The molecule has 3 atom stereocenters. The number of anilines is 1. The Balaban J connectivity index is 1.78. The lowest BCUT2D eigenvalue weighted by atomic mass is 9.93. The number of piperidine rings is 1. The molecule has 18 heavy (non-hydrogen) atoms. The van der Waals surface area contributed by atoms with Gasteiger partial charge in [0.1, 0.15) is 6.07 Å². The van der Waals surface area contributed by atoms with E-state index in [2.05, 4.69) is 32.2 Å². The van der Waals surface area contributed by atoms with Crippen LogP contribution in [0.15, 0.2) is 22.7 Å². The lowest BCUT2D eigenvalue weighted by Gasteiger charge is -2.32. The van der Waals surface area contributed by atoms with Gasteiger partial charge < -0.3 is 10.2 Å². The summed E-state index contributed by atoms with van der Waals surface area (Å²) in [5.74, 6) is 0.744. The Hall–Kier alpha value is -1.05. The van der Waals surface area contributed by atoms with Crippen molar-refractivity contribution in [1.82, 2.24) is 4.90 Å². The molecule has 2 heterocycles. The lowest BCUT2D eigenvalue weighted by Crippen LogP contribution is -2.39. The third-order valence-electron chi connectivity index (χ3n) is 4.08. The molecule has 1 aromatic carbocycles. The predicted octanol–water partition coefficient (Wildman–Crippen LogP) is 2.83. The minimum atomic E-state index is 0.525. The molecule has 3 nitrogen and oxygen atoms in total. The van der Waals surface area contributed by atoms with Crippen molar-refractivity contribution in [3.63, 3.8) is 0 Å². The summed E-state index contributed by atoms with van der Waals surface area (Å²) >= 11 is 3.41. The molecule has 0 amide bonds. The standard InChI is InChI=1S/C14H16BrN3/c15-12-1-2-13(11(7-12)8-16)17-14-4-6-18-5-3-10(14)9-18/h1-2,7,10,14,17H,3-6,9H2. The van der Waals surface area contributed by atoms with Crippen LogP contribution >= 0.6 is 15.9 Å². The molecule has 94 valence electrons. The van der Waals surface area contributed by atoms with Gasteiger partial charge in [0, 0.05) is 23.6 Å². The molecule has 0 aromatic heterocycles. The Kier molecular flexibility index (Phi) is 3.27. The minimum absolute atomic E-state index is 0.525. The first kappa shape index (κ1) is 12.0. The van der Waals surface area contributed by atoms with E-state index in [4.69, 9.17) is 0 Å². The van der Waals surface area contributed by atoms with Crippen LogP contribution < -0.4 is 5.32 Å². The molecule has 2 fully saturated rings. The second-order valence-corrected chi connectivity index (χ2v) is 6.11. The topological polar surface area (TPSA) is 39.1 Å². The van der Waals surface area contributed by atoms with Crippen molar-refractivity contribution in [2.75, 3.05) is 25.0 Å². The van der Waals surface area contributed by atoms with Crippen LogP contribution in [0.3, 0.4) is 0 Å². The molecule has 2 aliphatic rings. The number of benzene rings is 1. The van der Waals surface area contributed by atoms with Gasteiger partial charge >= 0.3 is 0 Å². The predicted molar refractivity (Wildman–Crippen MR) is 75.4 cm³/mol. The van der Waals surface area contributed by atoms with E-state index < -0.39 is 0 Å². The van der Waals surface area contributed by atoms with Gasteiger partial charge in [-0.2, -0.15) is 5.26 Å². The van der Waals surface area contributed by atoms with E-state index in [-0.39, 0.29) is 0 Å². The van der Waals surface area contributed by atoms with Gasteiger partial charge in [0.15, 0.2) is 0 Å². The minimum Gasteiger partial charge on any atom is -0.381 e. The van der Waals surface area contributed by atoms with E-state index in [9.17, 15) is 5.26 Å². The zero-order valence-corrected chi connectivity index (χ0v) is 11.8. The van der Waals surface area contributed by atoms with Crippen LogP contribution in [-0.2, 0) is 0 Å². The molecule has 3 unspecified atom stereocenters. The summed E-state index contributed by atoms with van der Waals surface area (Å²) in [6, 6.07) is 8.67. The maximum absolute atomic E-state index is 9.18. The molecular formula is C14H16BrN3. The summed E-state index contributed by atoms with van der Waals surface area (Å²) in [7, 11) is 0. The number of nitriles is 1. The van der Waals surface area contributed by atoms with Crippen LogP contribution in [-0.4, -0.2) is 30.6 Å². The average molecular weight is 306 g/mol. The molecule has 0 saturated carbocycles. The highest BCUT2D eigenvalue weighted by Crippen LogP contribution is 2.30. The summed E-state index contributed by atoms with van der Waals surface area (Å²) < 4.78 is 0.959. The summed E-state index contributed by atoms with van der Waals surface area (Å²) in [5.41, 5.74) is 1.70. The number of hydrogen-bond acceptors (Lipinski definition) is 3. The molecule has 0 radical (unpaired) electrons. The highest BCUT2D eigenvalue weighted by atomic mass is 79.9. The second-order valence-electron chi connectivity index (χ2n) is 5.19. The van der Waals surface area contributed by atoms with Gasteiger partial charge in [-0.3, -0.25) is 0 Å². The molecule has 3 rings (SSSR count). The van der Waals surface area contributed by atoms with Crippen molar-refractivity contribution in [2.24, 2.45) is 5.92 Å². The van der Waals surface area contributed by atoms with Crippen molar-refractivity contribution in [1.29, 1.82) is 5.26 Å². The first-order valence-electron chi connectivity index (χ1n) is 6.45. The molecular weight excluding hydrogens is 290 g/mol. The van der Waals surface area contributed by atoms with Crippen LogP contribution in [0.25, 0.3) is 0 Å². The zero-order valence-electron chi connectivity index (χ0n) is 10.2. The number of nitrogens with one attached hydrogen (secondary N) is 1. The summed E-state index contributed by atoms with van der Waals surface area (Å²) in [6.45, 7) is 3.65. The molecule has 0 aliphatic carbocycles. The third-order valence-corrected chi connectivity index (χ3v) is 4.57. The van der Waals surface area contributed by atoms with Crippen LogP contribution in [0.5, 0.6) is 0 Å². The Bertz CT molecular complexity index is 494. The van der Waals surface area contributed by atoms with Gasteiger partial charge in [0.2, 0.25) is 0 Å². The number of nitrogens with zero attached hydrogens (tertiary/aromatic N) is 2. The monoisotopic (exact) mass is 305 g/mol. The second kappa shape index (κ2) is 4.91. The Morgan fingerprint density at radius 1 is 1.33 bits per heavy atom. The Labute approximate surface area is 116 Å². The van der Waals surface area contributed by atoms with E-state index >= 15 is 0 Å². The smallest absolute Gasteiger partial charge is 0.101 e. The van der Waals surface area contributed by atoms with E-state index in [0.717, 1.165) is 21.6 Å².